The third-order valence-electron chi connectivity index (χ3n) is 2.90. The van der Waals surface area contributed by atoms with Gasteiger partial charge >= 0.3 is 0 Å². The standard InChI is InChI=1S/C11H20INO/c12-7-3-1-2-4-8-13-9-5-6-11(13)10-14/h10-11H,1-9H2. The molecular weight excluding hydrogens is 289 g/mol. The predicted octanol–water partition coefficient (Wildman–Crippen LogP) is 2.65. The van der Waals surface area contributed by atoms with E-state index >= 15 is 0 Å². The van der Waals surface area contributed by atoms with Crippen molar-refractivity contribution in [2.24, 2.45) is 0 Å². The minimum absolute atomic E-state index is 0.236. The fourth-order valence-corrected chi connectivity index (χ4v) is 2.59. The molecule has 1 rings (SSSR count). The summed E-state index contributed by atoms with van der Waals surface area (Å²) >= 11 is 2.43. The van der Waals surface area contributed by atoms with E-state index in [4.69, 9.17) is 0 Å². The van der Waals surface area contributed by atoms with Gasteiger partial charge in [0.15, 0.2) is 0 Å². The molecule has 0 saturated carbocycles. The van der Waals surface area contributed by atoms with Crippen molar-refractivity contribution < 1.29 is 4.79 Å². The molecule has 0 radical (unpaired) electrons. The van der Waals surface area contributed by atoms with Crippen molar-refractivity contribution in [3.05, 3.63) is 0 Å². The van der Waals surface area contributed by atoms with Crippen molar-refractivity contribution in [2.75, 3.05) is 17.5 Å². The second kappa shape index (κ2) is 7.63. The summed E-state index contributed by atoms with van der Waals surface area (Å²) in [6, 6.07) is 0.236. The Morgan fingerprint density at radius 2 is 2.07 bits per heavy atom. The Labute approximate surface area is 101 Å². The third kappa shape index (κ3) is 4.26. The van der Waals surface area contributed by atoms with Crippen LogP contribution in [0.25, 0.3) is 0 Å². The summed E-state index contributed by atoms with van der Waals surface area (Å²) in [6.07, 6.45) is 8.69. The summed E-state index contributed by atoms with van der Waals surface area (Å²) in [5, 5.41) is 0. The van der Waals surface area contributed by atoms with Crippen LogP contribution < -0.4 is 0 Å². The summed E-state index contributed by atoms with van der Waals surface area (Å²) in [6.45, 7) is 2.26. The lowest BCUT2D eigenvalue weighted by atomic mass is 10.2. The fraction of sp³-hybridized carbons (Fsp3) is 0.909. The average molecular weight is 309 g/mol. The number of nitrogens with zero attached hydrogens (tertiary/aromatic N) is 1. The van der Waals surface area contributed by atoms with Gasteiger partial charge in [-0.25, -0.2) is 0 Å². The molecular formula is C11H20INO. The van der Waals surface area contributed by atoms with Gasteiger partial charge < -0.3 is 4.79 Å². The van der Waals surface area contributed by atoms with Crippen LogP contribution in [0.5, 0.6) is 0 Å². The van der Waals surface area contributed by atoms with E-state index in [1.165, 1.54) is 36.5 Å². The zero-order valence-electron chi connectivity index (χ0n) is 8.75. The first-order valence-electron chi connectivity index (χ1n) is 5.64. The highest BCUT2D eigenvalue weighted by Crippen LogP contribution is 2.16. The number of carbonyl (C=O) groups is 1. The number of unbranched alkanes of at least 4 members (excludes halogenated alkanes) is 3. The molecule has 0 spiro atoms. The maximum absolute atomic E-state index is 10.7. The van der Waals surface area contributed by atoms with Gasteiger partial charge in [-0.15, -0.1) is 0 Å². The van der Waals surface area contributed by atoms with Gasteiger partial charge in [0.2, 0.25) is 0 Å². The summed E-state index contributed by atoms with van der Waals surface area (Å²) in [5.41, 5.74) is 0. The highest BCUT2D eigenvalue weighted by molar-refractivity contribution is 14.1. The predicted molar refractivity (Wildman–Crippen MR) is 68.0 cm³/mol. The molecule has 1 unspecified atom stereocenters. The highest BCUT2D eigenvalue weighted by atomic mass is 127. The molecule has 1 fully saturated rings. The van der Waals surface area contributed by atoms with Gasteiger partial charge in [0.25, 0.3) is 0 Å². The number of rotatable bonds is 7. The molecule has 0 N–H and O–H groups in total. The van der Waals surface area contributed by atoms with Crippen molar-refractivity contribution >= 4 is 28.9 Å². The Morgan fingerprint density at radius 3 is 2.79 bits per heavy atom. The largest absolute Gasteiger partial charge is 0.302 e. The topological polar surface area (TPSA) is 20.3 Å². The summed E-state index contributed by atoms with van der Waals surface area (Å²) in [7, 11) is 0. The van der Waals surface area contributed by atoms with Gasteiger partial charge in [-0.2, -0.15) is 0 Å². The van der Waals surface area contributed by atoms with E-state index in [0.29, 0.717) is 0 Å². The fourth-order valence-electron chi connectivity index (χ4n) is 2.05. The Morgan fingerprint density at radius 1 is 1.29 bits per heavy atom. The number of hydrogen-bond acceptors (Lipinski definition) is 2. The monoisotopic (exact) mass is 309 g/mol. The van der Waals surface area contributed by atoms with Gasteiger partial charge in [-0.1, -0.05) is 35.4 Å². The molecule has 2 nitrogen and oxygen atoms in total. The Balaban J connectivity index is 2.02. The third-order valence-corrected chi connectivity index (χ3v) is 3.66. The van der Waals surface area contributed by atoms with Crippen LogP contribution in [0, 0.1) is 0 Å². The van der Waals surface area contributed by atoms with E-state index in [0.717, 1.165) is 25.8 Å². The van der Waals surface area contributed by atoms with E-state index in [9.17, 15) is 4.79 Å². The molecule has 1 heterocycles. The van der Waals surface area contributed by atoms with E-state index in [1.54, 1.807) is 0 Å². The molecule has 1 atom stereocenters. The van der Waals surface area contributed by atoms with Crippen molar-refractivity contribution in [1.82, 2.24) is 4.90 Å². The molecule has 14 heavy (non-hydrogen) atoms. The first kappa shape index (κ1) is 12.4. The van der Waals surface area contributed by atoms with Crippen molar-refractivity contribution in [1.29, 1.82) is 0 Å². The summed E-state index contributed by atoms with van der Waals surface area (Å²) < 4.78 is 1.28. The van der Waals surface area contributed by atoms with Gasteiger partial charge in [0.1, 0.15) is 6.29 Å². The number of hydrogen-bond donors (Lipinski definition) is 0. The molecule has 82 valence electrons. The number of carbonyl (C=O) groups excluding carboxylic acids is 1. The van der Waals surface area contributed by atoms with Gasteiger partial charge in [0.05, 0.1) is 6.04 Å². The Bertz CT molecular complexity index is 163. The minimum Gasteiger partial charge on any atom is -0.302 e. The molecule has 3 heteroatoms. The molecule has 0 amide bonds. The smallest absolute Gasteiger partial charge is 0.137 e. The molecule has 0 aromatic carbocycles. The lowest BCUT2D eigenvalue weighted by Gasteiger charge is -2.19. The lowest BCUT2D eigenvalue weighted by Crippen LogP contribution is -2.31. The number of aldehydes is 1. The van der Waals surface area contributed by atoms with Crippen LogP contribution in [-0.4, -0.2) is 34.7 Å². The normalized spacial score (nSPS) is 22.8. The molecule has 1 aliphatic heterocycles. The van der Waals surface area contributed by atoms with Crippen molar-refractivity contribution in [3.8, 4) is 0 Å². The van der Waals surface area contributed by atoms with Crippen LogP contribution in [0.1, 0.15) is 38.5 Å². The zero-order chi connectivity index (χ0) is 10.2. The van der Waals surface area contributed by atoms with Crippen molar-refractivity contribution in [2.45, 2.75) is 44.6 Å². The van der Waals surface area contributed by atoms with Crippen LogP contribution in [-0.2, 0) is 4.79 Å². The maximum atomic E-state index is 10.7. The number of halogens is 1. The molecule has 0 aromatic rings. The number of alkyl halides is 1. The zero-order valence-corrected chi connectivity index (χ0v) is 10.9. The minimum atomic E-state index is 0.236. The Kier molecular flexibility index (Phi) is 6.77. The van der Waals surface area contributed by atoms with Gasteiger partial charge in [-0.3, -0.25) is 4.90 Å². The lowest BCUT2D eigenvalue weighted by molar-refractivity contribution is -0.111. The molecule has 0 aromatic heterocycles. The van der Waals surface area contributed by atoms with Crippen molar-refractivity contribution in [3.63, 3.8) is 0 Å². The van der Waals surface area contributed by atoms with Crippen LogP contribution in [0.4, 0.5) is 0 Å². The molecule has 0 aliphatic carbocycles. The van der Waals surface area contributed by atoms with Crippen LogP contribution in [0.2, 0.25) is 0 Å². The van der Waals surface area contributed by atoms with Gasteiger partial charge in [-0.05, 0) is 43.2 Å². The average Bonchev–Trinajstić information content (AvgIpc) is 2.65. The Hall–Kier alpha value is 0.360. The summed E-state index contributed by atoms with van der Waals surface area (Å²) in [5.74, 6) is 0. The molecule has 1 saturated heterocycles. The first-order chi connectivity index (χ1) is 6.88. The molecule has 0 bridgehead atoms. The maximum Gasteiger partial charge on any atom is 0.137 e. The van der Waals surface area contributed by atoms with E-state index in [-0.39, 0.29) is 6.04 Å². The number of likely N-dealkylation sites (tertiary alicyclic amines) is 1. The van der Waals surface area contributed by atoms with Gasteiger partial charge in [0, 0.05) is 0 Å². The summed E-state index contributed by atoms with van der Waals surface area (Å²) in [4.78, 5) is 13.1. The second-order valence-corrected chi connectivity index (χ2v) is 5.06. The molecule has 1 aliphatic rings. The van der Waals surface area contributed by atoms with Crippen LogP contribution >= 0.6 is 22.6 Å². The van der Waals surface area contributed by atoms with Crippen LogP contribution in [0.15, 0.2) is 0 Å². The van der Waals surface area contributed by atoms with E-state index in [1.807, 2.05) is 0 Å². The van der Waals surface area contributed by atoms with Crippen LogP contribution in [0.3, 0.4) is 0 Å². The first-order valence-corrected chi connectivity index (χ1v) is 7.16. The van der Waals surface area contributed by atoms with E-state index < -0.39 is 0 Å². The van der Waals surface area contributed by atoms with E-state index in [2.05, 4.69) is 27.5 Å². The quantitative estimate of drug-likeness (QED) is 0.312. The second-order valence-electron chi connectivity index (χ2n) is 3.98. The SMILES string of the molecule is O=CC1CCCN1CCCCCCI. The highest BCUT2D eigenvalue weighted by Gasteiger charge is 2.22.